The molecule has 1 saturated heterocycles. The number of hydrogen-bond acceptors (Lipinski definition) is 4. The highest BCUT2D eigenvalue weighted by atomic mass is 32.2. The highest BCUT2D eigenvalue weighted by molar-refractivity contribution is 7.89. The standard InChI is InChI=1S/C22H31N3O2S/c1-16(2)25(17(3)4)22-20(8-6-14-23-22)21-9-7-15-24(21)28(26,27)19-12-10-18(5)11-13-19/h6,8,10-14,16-17,21H,7,9,15H2,1-5H3/t21-/m0/s1. The molecule has 0 unspecified atom stereocenters. The van der Waals surface area contributed by atoms with Crippen LogP contribution in [-0.4, -0.2) is 36.3 Å². The second-order valence-corrected chi connectivity index (χ2v) is 9.99. The molecule has 1 aliphatic rings. The van der Waals surface area contributed by atoms with Crippen molar-refractivity contribution in [3.8, 4) is 0 Å². The molecule has 0 aliphatic carbocycles. The van der Waals surface area contributed by atoms with E-state index >= 15 is 0 Å². The zero-order valence-corrected chi connectivity index (χ0v) is 18.3. The van der Waals surface area contributed by atoms with Crippen molar-refractivity contribution in [2.45, 2.75) is 70.5 Å². The Morgan fingerprint density at radius 2 is 1.71 bits per heavy atom. The van der Waals surface area contributed by atoms with Gasteiger partial charge in [-0.25, -0.2) is 13.4 Å². The molecular weight excluding hydrogens is 370 g/mol. The summed E-state index contributed by atoms with van der Waals surface area (Å²) in [6, 6.07) is 11.4. The van der Waals surface area contributed by atoms with Gasteiger partial charge >= 0.3 is 0 Å². The molecule has 1 atom stereocenters. The highest BCUT2D eigenvalue weighted by Gasteiger charge is 2.38. The first kappa shape index (κ1) is 20.8. The van der Waals surface area contributed by atoms with Crippen LogP contribution in [0.25, 0.3) is 0 Å². The molecule has 0 saturated carbocycles. The Kier molecular flexibility index (Phi) is 6.10. The Morgan fingerprint density at radius 3 is 2.32 bits per heavy atom. The van der Waals surface area contributed by atoms with Gasteiger partial charge in [0, 0.05) is 30.4 Å². The summed E-state index contributed by atoms with van der Waals surface area (Å²) in [6.45, 7) is 11.1. The van der Waals surface area contributed by atoms with E-state index in [1.54, 1.807) is 22.6 Å². The van der Waals surface area contributed by atoms with Gasteiger partial charge in [0.15, 0.2) is 0 Å². The topological polar surface area (TPSA) is 53.5 Å². The van der Waals surface area contributed by atoms with E-state index in [1.165, 1.54) is 0 Å². The largest absolute Gasteiger partial charge is 0.351 e. The molecule has 0 bridgehead atoms. The molecule has 2 aromatic rings. The normalized spacial score (nSPS) is 18.2. The SMILES string of the molecule is Cc1ccc(S(=O)(=O)N2CCC[C@H]2c2cccnc2N(C(C)C)C(C)C)cc1. The van der Waals surface area contributed by atoms with Crippen molar-refractivity contribution in [1.29, 1.82) is 0 Å². The van der Waals surface area contributed by atoms with Crippen LogP contribution in [-0.2, 0) is 10.0 Å². The van der Waals surface area contributed by atoms with E-state index in [9.17, 15) is 8.42 Å². The summed E-state index contributed by atoms with van der Waals surface area (Å²) in [6.07, 6.45) is 3.46. The van der Waals surface area contributed by atoms with Gasteiger partial charge in [-0.3, -0.25) is 0 Å². The number of hydrogen-bond donors (Lipinski definition) is 0. The molecule has 6 heteroatoms. The Hall–Kier alpha value is -1.92. The monoisotopic (exact) mass is 401 g/mol. The van der Waals surface area contributed by atoms with Crippen LogP contribution in [0.15, 0.2) is 47.5 Å². The first-order valence-corrected chi connectivity index (χ1v) is 11.5. The number of aromatic nitrogens is 1. The van der Waals surface area contributed by atoms with Crippen LogP contribution >= 0.6 is 0 Å². The maximum Gasteiger partial charge on any atom is 0.243 e. The Balaban J connectivity index is 2.03. The van der Waals surface area contributed by atoms with Crippen molar-refractivity contribution in [2.75, 3.05) is 11.4 Å². The van der Waals surface area contributed by atoms with Gasteiger partial charge in [0.05, 0.1) is 10.9 Å². The van der Waals surface area contributed by atoms with Crippen LogP contribution in [0.5, 0.6) is 0 Å². The quantitative estimate of drug-likeness (QED) is 0.713. The first-order chi connectivity index (χ1) is 13.2. The van der Waals surface area contributed by atoms with Crippen molar-refractivity contribution >= 4 is 15.8 Å². The Bertz CT molecular complexity index is 900. The molecule has 1 aromatic heterocycles. The van der Waals surface area contributed by atoms with E-state index in [0.717, 1.165) is 29.8 Å². The fourth-order valence-corrected chi connectivity index (χ4v) is 5.83. The van der Waals surface area contributed by atoms with E-state index in [0.29, 0.717) is 11.4 Å². The second kappa shape index (κ2) is 8.21. The smallest absolute Gasteiger partial charge is 0.243 e. The lowest BCUT2D eigenvalue weighted by Gasteiger charge is -2.35. The molecule has 1 fully saturated rings. The average Bonchev–Trinajstić information content (AvgIpc) is 3.12. The third-order valence-corrected chi connectivity index (χ3v) is 7.29. The lowest BCUT2D eigenvalue weighted by Crippen LogP contribution is -2.39. The zero-order valence-electron chi connectivity index (χ0n) is 17.5. The molecule has 28 heavy (non-hydrogen) atoms. The Labute approximate surface area is 169 Å². The Morgan fingerprint density at radius 1 is 1.07 bits per heavy atom. The van der Waals surface area contributed by atoms with Crippen LogP contribution in [0.2, 0.25) is 0 Å². The molecule has 0 radical (unpaired) electrons. The van der Waals surface area contributed by atoms with Crippen LogP contribution in [0.4, 0.5) is 5.82 Å². The lowest BCUT2D eigenvalue weighted by atomic mass is 10.0. The summed E-state index contributed by atoms with van der Waals surface area (Å²) in [5.41, 5.74) is 2.05. The van der Waals surface area contributed by atoms with Gasteiger partial charge in [-0.1, -0.05) is 23.8 Å². The maximum atomic E-state index is 13.4. The maximum absolute atomic E-state index is 13.4. The van der Waals surface area contributed by atoms with E-state index < -0.39 is 10.0 Å². The third-order valence-electron chi connectivity index (χ3n) is 5.36. The molecule has 0 amide bonds. The molecule has 0 N–H and O–H groups in total. The minimum atomic E-state index is -3.55. The molecular formula is C22H31N3O2S. The number of pyridine rings is 1. The number of anilines is 1. The van der Waals surface area contributed by atoms with Crippen LogP contribution < -0.4 is 4.90 Å². The van der Waals surface area contributed by atoms with Crippen molar-refractivity contribution < 1.29 is 8.42 Å². The first-order valence-electron chi connectivity index (χ1n) is 10.0. The van der Waals surface area contributed by atoms with Crippen molar-refractivity contribution in [2.24, 2.45) is 0 Å². The van der Waals surface area contributed by atoms with E-state index in [1.807, 2.05) is 31.2 Å². The van der Waals surface area contributed by atoms with Gasteiger partial charge in [0.1, 0.15) is 5.82 Å². The number of sulfonamides is 1. The van der Waals surface area contributed by atoms with E-state index in [4.69, 9.17) is 0 Å². The summed E-state index contributed by atoms with van der Waals surface area (Å²) in [5.74, 6) is 0.892. The summed E-state index contributed by atoms with van der Waals surface area (Å²) in [7, 11) is -3.55. The fourth-order valence-electron chi connectivity index (χ4n) is 4.15. The van der Waals surface area contributed by atoms with Gasteiger partial charge in [0.2, 0.25) is 10.0 Å². The van der Waals surface area contributed by atoms with Crippen LogP contribution in [0.3, 0.4) is 0 Å². The van der Waals surface area contributed by atoms with Gasteiger partial charge in [-0.2, -0.15) is 4.31 Å². The summed E-state index contributed by atoms with van der Waals surface area (Å²) < 4.78 is 28.4. The van der Waals surface area contributed by atoms with Crippen molar-refractivity contribution in [3.63, 3.8) is 0 Å². The van der Waals surface area contributed by atoms with Crippen molar-refractivity contribution in [3.05, 3.63) is 53.7 Å². The highest BCUT2D eigenvalue weighted by Crippen LogP contribution is 2.40. The average molecular weight is 402 g/mol. The second-order valence-electron chi connectivity index (χ2n) is 8.10. The number of benzene rings is 1. The molecule has 1 aromatic carbocycles. The fraction of sp³-hybridized carbons (Fsp3) is 0.500. The molecule has 152 valence electrons. The number of rotatable bonds is 6. The van der Waals surface area contributed by atoms with Gasteiger partial charge in [-0.05, 0) is 65.7 Å². The minimum absolute atomic E-state index is 0.185. The summed E-state index contributed by atoms with van der Waals surface area (Å²) >= 11 is 0. The molecule has 2 heterocycles. The van der Waals surface area contributed by atoms with E-state index in [-0.39, 0.29) is 18.1 Å². The number of nitrogens with zero attached hydrogens (tertiary/aromatic N) is 3. The third kappa shape index (κ3) is 3.94. The predicted molar refractivity (Wildman–Crippen MR) is 114 cm³/mol. The zero-order chi connectivity index (χ0) is 20.5. The molecule has 1 aliphatic heterocycles. The van der Waals surface area contributed by atoms with Crippen molar-refractivity contribution in [1.82, 2.24) is 9.29 Å². The minimum Gasteiger partial charge on any atom is -0.351 e. The van der Waals surface area contributed by atoms with Gasteiger partial charge in [-0.15, -0.1) is 0 Å². The predicted octanol–water partition coefficient (Wildman–Crippen LogP) is 4.54. The van der Waals surface area contributed by atoms with Crippen LogP contribution in [0.1, 0.15) is 57.7 Å². The molecule has 0 spiro atoms. The summed E-state index contributed by atoms with van der Waals surface area (Å²) in [5, 5.41) is 0. The van der Waals surface area contributed by atoms with Gasteiger partial charge < -0.3 is 4.90 Å². The van der Waals surface area contributed by atoms with E-state index in [2.05, 4.69) is 37.6 Å². The summed E-state index contributed by atoms with van der Waals surface area (Å²) in [4.78, 5) is 7.30. The molecule has 5 nitrogen and oxygen atoms in total. The lowest BCUT2D eigenvalue weighted by molar-refractivity contribution is 0.395. The number of aryl methyl sites for hydroxylation is 1. The van der Waals surface area contributed by atoms with Crippen LogP contribution in [0, 0.1) is 6.92 Å². The van der Waals surface area contributed by atoms with Gasteiger partial charge in [0.25, 0.3) is 0 Å². The molecule has 3 rings (SSSR count).